The van der Waals surface area contributed by atoms with Gasteiger partial charge in [-0.3, -0.25) is 4.40 Å². The van der Waals surface area contributed by atoms with Crippen LogP contribution in [0.1, 0.15) is 5.69 Å². The molecule has 2 aromatic rings. The van der Waals surface area contributed by atoms with Gasteiger partial charge in [0.15, 0.2) is 5.65 Å². The van der Waals surface area contributed by atoms with Gasteiger partial charge in [0.2, 0.25) is 0 Å². The standard InChI is InChI=1S/C7H5ClIN3/c1-4-7-10-2-6(9)12(7)3-5(8)11-4/h2-3H,1H3. The summed E-state index contributed by atoms with van der Waals surface area (Å²) in [5.41, 5.74) is 1.72. The van der Waals surface area contributed by atoms with E-state index in [1.54, 1.807) is 12.4 Å². The zero-order valence-corrected chi connectivity index (χ0v) is 9.17. The highest BCUT2D eigenvalue weighted by atomic mass is 127. The fourth-order valence-electron chi connectivity index (χ4n) is 1.08. The molecule has 0 aliphatic carbocycles. The Morgan fingerprint density at radius 2 is 2.33 bits per heavy atom. The van der Waals surface area contributed by atoms with Crippen LogP contribution in [-0.4, -0.2) is 14.4 Å². The minimum Gasteiger partial charge on any atom is -0.290 e. The Morgan fingerprint density at radius 1 is 1.58 bits per heavy atom. The van der Waals surface area contributed by atoms with Gasteiger partial charge < -0.3 is 0 Å². The Labute approximate surface area is 87.9 Å². The first-order valence-corrected chi connectivity index (χ1v) is 4.80. The van der Waals surface area contributed by atoms with Crippen LogP contribution in [0.4, 0.5) is 0 Å². The normalized spacial score (nSPS) is 10.9. The first-order valence-electron chi connectivity index (χ1n) is 3.34. The molecule has 0 unspecified atom stereocenters. The molecule has 0 radical (unpaired) electrons. The smallest absolute Gasteiger partial charge is 0.159 e. The zero-order valence-electron chi connectivity index (χ0n) is 6.25. The van der Waals surface area contributed by atoms with Crippen molar-refractivity contribution in [2.75, 3.05) is 0 Å². The van der Waals surface area contributed by atoms with Crippen molar-refractivity contribution in [2.45, 2.75) is 6.92 Å². The van der Waals surface area contributed by atoms with Gasteiger partial charge in [-0.25, -0.2) is 9.97 Å². The molecular weight excluding hydrogens is 288 g/mol. The van der Waals surface area contributed by atoms with Crippen molar-refractivity contribution in [3.63, 3.8) is 0 Å². The molecule has 0 atom stereocenters. The second-order valence-corrected chi connectivity index (χ2v) is 3.92. The Hall–Kier alpha value is -0.360. The van der Waals surface area contributed by atoms with E-state index in [0.717, 1.165) is 15.0 Å². The predicted octanol–water partition coefficient (Wildman–Crippen LogP) is 2.30. The van der Waals surface area contributed by atoms with Crippen molar-refractivity contribution in [3.8, 4) is 0 Å². The van der Waals surface area contributed by atoms with Gasteiger partial charge in [-0.05, 0) is 29.5 Å². The van der Waals surface area contributed by atoms with Crippen molar-refractivity contribution < 1.29 is 0 Å². The molecule has 0 aromatic carbocycles. The van der Waals surface area contributed by atoms with Gasteiger partial charge in [0.1, 0.15) is 8.85 Å². The van der Waals surface area contributed by atoms with Crippen LogP contribution in [0.3, 0.4) is 0 Å². The molecular formula is C7H5ClIN3. The number of fused-ring (bicyclic) bond motifs is 1. The van der Waals surface area contributed by atoms with Crippen LogP contribution in [0.15, 0.2) is 12.4 Å². The van der Waals surface area contributed by atoms with Gasteiger partial charge in [-0.2, -0.15) is 0 Å². The first kappa shape index (κ1) is 8.25. The van der Waals surface area contributed by atoms with Crippen molar-refractivity contribution in [1.29, 1.82) is 0 Å². The zero-order chi connectivity index (χ0) is 8.72. The highest BCUT2D eigenvalue weighted by Crippen LogP contribution is 2.14. The third kappa shape index (κ3) is 1.19. The van der Waals surface area contributed by atoms with E-state index in [9.17, 15) is 0 Å². The highest BCUT2D eigenvalue weighted by molar-refractivity contribution is 14.1. The minimum atomic E-state index is 0.496. The van der Waals surface area contributed by atoms with E-state index < -0.39 is 0 Å². The summed E-state index contributed by atoms with van der Waals surface area (Å²) >= 11 is 7.99. The molecule has 2 heterocycles. The molecule has 5 heteroatoms. The lowest BCUT2D eigenvalue weighted by Gasteiger charge is -1.98. The molecule has 12 heavy (non-hydrogen) atoms. The summed E-state index contributed by atoms with van der Waals surface area (Å²) in [6, 6.07) is 0. The molecule has 3 nitrogen and oxygen atoms in total. The maximum absolute atomic E-state index is 5.79. The van der Waals surface area contributed by atoms with E-state index in [1.807, 2.05) is 11.3 Å². The molecule has 2 rings (SSSR count). The lowest BCUT2D eigenvalue weighted by molar-refractivity contribution is 1.06. The van der Waals surface area contributed by atoms with Crippen LogP contribution < -0.4 is 0 Å². The van der Waals surface area contributed by atoms with Crippen molar-refractivity contribution in [1.82, 2.24) is 14.4 Å². The maximum atomic E-state index is 5.79. The van der Waals surface area contributed by atoms with Crippen molar-refractivity contribution in [3.05, 3.63) is 26.9 Å². The van der Waals surface area contributed by atoms with Crippen LogP contribution in [-0.2, 0) is 0 Å². The molecule has 0 saturated heterocycles. The Bertz CT molecular complexity index is 437. The fraction of sp³-hybridized carbons (Fsp3) is 0.143. The minimum absolute atomic E-state index is 0.496. The molecule has 0 fully saturated rings. The second-order valence-electron chi connectivity index (χ2n) is 2.42. The van der Waals surface area contributed by atoms with E-state index in [2.05, 4.69) is 32.6 Å². The lowest BCUT2D eigenvalue weighted by atomic mass is 10.5. The quantitative estimate of drug-likeness (QED) is 0.698. The molecule has 0 aliphatic heterocycles. The topological polar surface area (TPSA) is 30.2 Å². The van der Waals surface area contributed by atoms with Gasteiger partial charge in [0, 0.05) is 6.20 Å². The lowest BCUT2D eigenvalue weighted by Crippen LogP contribution is -1.93. The van der Waals surface area contributed by atoms with E-state index in [0.29, 0.717) is 5.15 Å². The number of hydrogen-bond acceptors (Lipinski definition) is 2. The Kier molecular flexibility index (Phi) is 1.96. The average Bonchev–Trinajstić information content (AvgIpc) is 2.33. The van der Waals surface area contributed by atoms with E-state index in [-0.39, 0.29) is 0 Å². The molecule has 0 saturated carbocycles. The average molecular weight is 293 g/mol. The van der Waals surface area contributed by atoms with E-state index in [1.165, 1.54) is 0 Å². The fourth-order valence-corrected chi connectivity index (χ4v) is 1.81. The first-order chi connectivity index (χ1) is 5.68. The SMILES string of the molecule is Cc1nc(Cl)cn2c(I)cnc12. The molecule has 0 amide bonds. The maximum Gasteiger partial charge on any atom is 0.159 e. The monoisotopic (exact) mass is 293 g/mol. The third-order valence-electron chi connectivity index (χ3n) is 1.59. The van der Waals surface area contributed by atoms with Crippen LogP contribution in [0, 0.1) is 10.6 Å². The number of aryl methyl sites for hydroxylation is 1. The van der Waals surface area contributed by atoms with Crippen LogP contribution in [0.2, 0.25) is 5.15 Å². The summed E-state index contributed by atoms with van der Waals surface area (Å²) in [6.07, 6.45) is 3.56. The predicted molar refractivity (Wildman–Crippen MR) is 55.5 cm³/mol. The Morgan fingerprint density at radius 3 is 3.08 bits per heavy atom. The number of hydrogen-bond donors (Lipinski definition) is 0. The summed E-state index contributed by atoms with van der Waals surface area (Å²) in [5, 5.41) is 0.496. The molecule has 0 aliphatic rings. The van der Waals surface area contributed by atoms with Gasteiger partial charge in [0.25, 0.3) is 0 Å². The van der Waals surface area contributed by atoms with Gasteiger partial charge in [0.05, 0.1) is 11.9 Å². The number of imidazole rings is 1. The molecule has 0 N–H and O–H groups in total. The number of rotatable bonds is 0. The summed E-state index contributed by atoms with van der Waals surface area (Å²) in [5.74, 6) is 0. The summed E-state index contributed by atoms with van der Waals surface area (Å²) in [7, 11) is 0. The number of aromatic nitrogens is 3. The second kappa shape index (κ2) is 2.85. The molecule has 0 spiro atoms. The van der Waals surface area contributed by atoms with Gasteiger partial charge in [-0.1, -0.05) is 11.6 Å². The largest absolute Gasteiger partial charge is 0.290 e. The number of nitrogens with zero attached hydrogens (tertiary/aromatic N) is 3. The summed E-state index contributed by atoms with van der Waals surface area (Å²) in [4.78, 5) is 8.29. The van der Waals surface area contributed by atoms with Crippen molar-refractivity contribution >= 4 is 39.8 Å². The van der Waals surface area contributed by atoms with Crippen LogP contribution in [0.5, 0.6) is 0 Å². The third-order valence-corrected chi connectivity index (χ3v) is 2.57. The summed E-state index contributed by atoms with van der Waals surface area (Å²) in [6.45, 7) is 1.89. The molecule has 0 bridgehead atoms. The summed E-state index contributed by atoms with van der Waals surface area (Å²) < 4.78 is 2.96. The van der Waals surface area contributed by atoms with E-state index >= 15 is 0 Å². The number of halogens is 2. The molecule has 62 valence electrons. The highest BCUT2D eigenvalue weighted by Gasteiger charge is 2.04. The van der Waals surface area contributed by atoms with Crippen LogP contribution in [0.25, 0.3) is 5.65 Å². The molecule has 2 aromatic heterocycles. The van der Waals surface area contributed by atoms with Gasteiger partial charge in [-0.15, -0.1) is 0 Å². The van der Waals surface area contributed by atoms with Crippen LogP contribution >= 0.6 is 34.2 Å². The Balaban J connectivity index is 2.92. The van der Waals surface area contributed by atoms with Gasteiger partial charge >= 0.3 is 0 Å². The van der Waals surface area contributed by atoms with E-state index in [4.69, 9.17) is 11.6 Å². The van der Waals surface area contributed by atoms with Crippen molar-refractivity contribution in [2.24, 2.45) is 0 Å².